The molecule has 0 bridgehead atoms. The van der Waals surface area contributed by atoms with Crippen LogP contribution in [0, 0.1) is 0 Å². The lowest BCUT2D eigenvalue weighted by Crippen LogP contribution is -2.09. The maximum atomic E-state index is 8.94. The summed E-state index contributed by atoms with van der Waals surface area (Å²) < 4.78 is 2.05. The van der Waals surface area contributed by atoms with Crippen LogP contribution in [-0.2, 0) is 13.0 Å². The van der Waals surface area contributed by atoms with Crippen molar-refractivity contribution in [1.29, 1.82) is 0 Å². The predicted molar refractivity (Wildman–Crippen MR) is 149 cm³/mol. The number of hydrogen-bond donors (Lipinski definition) is 5. The van der Waals surface area contributed by atoms with E-state index in [4.69, 9.17) is 26.5 Å². The summed E-state index contributed by atoms with van der Waals surface area (Å²) in [6.45, 7) is 5.73. The number of nitrogen functional groups attached to an aromatic ring is 2. The van der Waals surface area contributed by atoms with Crippen LogP contribution in [0.1, 0.15) is 45.1 Å². The van der Waals surface area contributed by atoms with Gasteiger partial charge in [0, 0.05) is 36.8 Å². The molecule has 0 amide bonds. The molecule has 9 heteroatoms. The summed E-state index contributed by atoms with van der Waals surface area (Å²) in [7, 11) is 0. The maximum absolute atomic E-state index is 8.94. The fraction of sp³-hybridized carbons (Fsp3) is 0.370. The summed E-state index contributed by atoms with van der Waals surface area (Å²) in [5, 5.41) is 15.6. The van der Waals surface area contributed by atoms with E-state index in [-0.39, 0.29) is 6.61 Å². The van der Waals surface area contributed by atoms with E-state index >= 15 is 0 Å². The number of benzene rings is 2. The summed E-state index contributed by atoms with van der Waals surface area (Å²) in [5.74, 6) is 1.18. The highest BCUT2D eigenvalue weighted by atomic mass is 16.2. The molecule has 0 fully saturated rings. The number of aromatic nitrogens is 4. The minimum Gasteiger partial charge on any atom is -0.399 e. The highest BCUT2D eigenvalue weighted by molar-refractivity contribution is 5.86. The number of unbranched alkanes of at least 4 members (excludes halogenated alkanes) is 3. The lowest BCUT2D eigenvalue weighted by molar-refractivity contribution is 0.283. The van der Waals surface area contributed by atoms with Gasteiger partial charge in [-0.1, -0.05) is 44.9 Å². The summed E-state index contributed by atoms with van der Waals surface area (Å²) in [6.07, 6.45) is 6.52. The third-order valence-electron chi connectivity index (χ3n) is 5.60. The smallest absolute Gasteiger partial charge is 0.226 e. The van der Waals surface area contributed by atoms with Gasteiger partial charge in [-0.15, -0.1) is 0 Å². The van der Waals surface area contributed by atoms with E-state index < -0.39 is 0 Å². The summed E-state index contributed by atoms with van der Waals surface area (Å²) in [5.41, 5.74) is 16.7. The molecule has 0 aliphatic heterocycles. The number of nitrogens with zero attached hydrogens (tertiary/aromatic N) is 4. The number of nitrogens with two attached hydrogens (primary N) is 2. The van der Waals surface area contributed by atoms with Crippen LogP contribution in [-0.4, -0.2) is 37.8 Å². The molecule has 2 aromatic carbocycles. The zero-order chi connectivity index (χ0) is 25.8. The first-order chi connectivity index (χ1) is 17.6. The van der Waals surface area contributed by atoms with Gasteiger partial charge in [-0.3, -0.25) is 0 Å². The fourth-order valence-corrected chi connectivity index (χ4v) is 3.75. The Morgan fingerprint density at radius 3 is 2.44 bits per heavy atom. The average molecular weight is 491 g/mol. The largest absolute Gasteiger partial charge is 0.399 e. The monoisotopic (exact) mass is 490 g/mol. The van der Waals surface area contributed by atoms with Crippen LogP contribution in [0.4, 0.5) is 28.8 Å². The van der Waals surface area contributed by atoms with E-state index in [9.17, 15) is 0 Å². The van der Waals surface area contributed by atoms with Crippen molar-refractivity contribution in [3.8, 4) is 0 Å². The minimum absolute atomic E-state index is 0.243. The Balaban J connectivity index is 0.00000176. The molecule has 0 aliphatic carbocycles. The Bertz CT molecular complexity index is 1210. The second-order valence-electron chi connectivity index (χ2n) is 8.31. The standard InChI is InChI=1S/C25H32N8O.C2H6/c26-19-10-8-18(9-11-19)12-14-33-17-29-22-23(30-21-7-5-6-20(27)16-21)31-25(32-24(22)33)28-13-3-1-2-4-15-34;1-2/h5-11,16-17,34H,1-4,12-15,26-27H2,(H2,28,30,31,32);1-2H3. The molecule has 0 unspecified atom stereocenters. The van der Waals surface area contributed by atoms with Crippen molar-refractivity contribution in [1.82, 2.24) is 19.5 Å². The number of aliphatic hydroxyl groups excluding tert-OH is 1. The third-order valence-corrected chi connectivity index (χ3v) is 5.60. The van der Waals surface area contributed by atoms with Crippen molar-refractivity contribution >= 4 is 40.0 Å². The molecular weight excluding hydrogens is 452 g/mol. The molecule has 0 atom stereocenters. The van der Waals surface area contributed by atoms with Crippen LogP contribution in [0.3, 0.4) is 0 Å². The second-order valence-corrected chi connectivity index (χ2v) is 8.31. The van der Waals surface area contributed by atoms with Crippen molar-refractivity contribution in [2.24, 2.45) is 0 Å². The quantitative estimate of drug-likeness (QED) is 0.139. The van der Waals surface area contributed by atoms with Crippen LogP contribution >= 0.6 is 0 Å². The Kier molecular flexibility index (Phi) is 10.3. The van der Waals surface area contributed by atoms with Crippen molar-refractivity contribution in [2.45, 2.75) is 52.5 Å². The van der Waals surface area contributed by atoms with Crippen LogP contribution < -0.4 is 22.1 Å². The summed E-state index contributed by atoms with van der Waals surface area (Å²) >= 11 is 0. The number of hydrogen-bond acceptors (Lipinski definition) is 8. The first kappa shape index (κ1) is 26.7. The molecule has 2 aromatic heterocycles. The number of aliphatic hydroxyl groups is 1. The van der Waals surface area contributed by atoms with E-state index in [0.717, 1.165) is 62.2 Å². The first-order valence-corrected chi connectivity index (χ1v) is 12.7. The number of anilines is 5. The highest BCUT2D eigenvalue weighted by Gasteiger charge is 2.14. The van der Waals surface area contributed by atoms with Gasteiger partial charge >= 0.3 is 0 Å². The Hall–Kier alpha value is -3.85. The Labute approximate surface area is 213 Å². The van der Waals surface area contributed by atoms with Gasteiger partial charge in [0.1, 0.15) is 0 Å². The van der Waals surface area contributed by atoms with E-state index in [1.807, 2.05) is 66.9 Å². The molecule has 36 heavy (non-hydrogen) atoms. The number of fused-ring (bicyclic) bond motifs is 1. The zero-order valence-electron chi connectivity index (χ0n) is 21.2. The van der Waals surface area contributed by atoms with E-state index in [0.29, 0.717) is 23.0 Å². The molecule has 9 nitrogen and oxygen atoms in total. The first-order valence-electron chi connectivity index (χ1n) is 12.7. The van der Waals surface area contributed by atoms with Gasteiger partial charge in [-0.25, -0.2) is 4.98 Å². The van der Waals surface area contributed by atoms with Crippen LogP contribution in [0.5, 0.6) is 0 Å². The van der Waals surface area contributed by atoms with Gasteiger partial charge in [0.15, 0.2) is 17.0 Å². The Morgan fingerprint density at radius 1 is 0.917 bits per heavy atom. The molecule has 0 saturated carbocycles. The van der Waals surface area contributed by atoms with E-state index in [1.165, 1.54) is 5.56 Å². The third kappa shape index (κ3) is 7.58. The number of aryl methyl sites for hydroxylation is 2. The molecular formula is C27H38N8O. The molecule has 192 valence electrons. The molecule has 4 aromatic rings. The van der Waals surface area contributed by atoms with Gasteiger partial charge < -0.3 is 31.8 Å². The summed E-state index contributed by atoms with van der Waals surface area (Å²) in [4.78, 5) is 14.1. The molecule has 2 heterocycles. The molecule has 7 N–H and O–H groups in total. The van der Waals surface area contributed by atoms with Crippen molar-refractivity contribution < 1.29 is 5.11 Å². The number of nitrogens with one attached hydrogen (secondary N) is 2. The number of rotatable bonds is 12. The van der Waals surface area contributed by atoms with Crippen LogP contribution in [0.15, 0.2) is 54.9 Å². The second kappa shape index (κ2) is 13.9. The number of imidazole rings is 1. The topological polar surface area (TPSA) is 140 Å². The van der Waals surface area contributed by atoms with Gasteiger partial charge in [0.2, 0.25) is 5.95 Å². The molecule has 0 aliphatic rings. The summed E-state index contributed by atoms with van der Waals surface area (Å²) in [6, 6.07) is 15.5. The highest BCUT2D eigenvalue weighted by Crippen LogP contribution is 2.25. The molecule has 0 spiro atoms. The zero-order valence-corrected chi connectivity index (χ0v) is 21.2. The van der Waals surface area contributed by atoms with Crippen LogP contribution in [0.2, 0.25) is 0 Å². The normalized spacial score (nSPS) is 10.6. The van der Waals surface area contributed by atoms with Crippen molar-refractivity contribution in [2.75, 3.05) is 35.3 Å². The van der Waals surface area contributed by atoms with E-state index in [2.05, 4.69) is 15.6 Å². The van der Waals surface area contributed by atoms with Gasteiger partial charge in [0.25, 0.3) is 0 Å². The van der Waals surface area contributed by atoms with E-state index in [1.54, 1.807) is 6.33 Å². The fourth-order valence-electron chi connectivity index (χ4n) is 3.75. The lowest BCUT2D eigenvalue weighted by Gasteiger charge is -2.11. The lowest BCUT2D eigenvalue weighted by atomic mass is 10.1. The minimum atomic E-state index is 0.243. The molecule has 0 radical (unpaired) electrons. The van der Waals surface area contributed by atoms with Gasteiger partial charge in [0.05, 0.1) is 6.33 Å². The maximum Gasteiger partial charge on any atom is 0.226 e. The van der Waals surface area contributed by atoms with Gasteiger partial charge in [-0.2, -0.15) is 9.97 Å². The SMILES string of the molecule is CC.Nc1ccc(CCn2cnc3c(Nc4cccc(N)c4)nc(NCCCCCCO)nc32)cc1. The average Bonchev–Trinajstić information content (AvgIpc) is 3.30. The van der Waals surface area contributed by atoms with Gasteiger partial charge in [-0.05, 0) is 55.2 Å². The predicted octanol–water partition coefficient (Wildman–Crippen LogP) is 4.97. The Morgan fingerprint density at radius 2 is 1.69 bits per heavy atom. The molecule has 0 saturated heterocycles. The molecule has 4 rings (SSSR count). The van der Waals surface area contributed by atoms with Crippen LogP contribution in [0.25, 0.3) is 11.2 Å². The van der Waals surface area contributed by atoms with Crippen molar-refractivity contribution in [3.63, 3.8) is 0 Å². The van der Waals surface area contributed by atoms with Crippen molar-refractivity contribution in [3.05, 3.63) is 60.4 Å².